The van der Waals surface area contributed by atoms with Crippen LogP contribution in [0.15, 0.2) is 17.2 Å². The van der Waals surface area contributed by atoms with E-state index in [1.54, 1.807) is 13.3 Å². The summed E-state index contributed by atoms with van der Waals surface area (Å²) < 4.78 is 0. The Hall–Kier alpha value is -2.92. The normalized spacial score (nSPS) is 18.7. The maximum Gasteiger partial charge on any atom is 0.266 e. The van der Waals surface area contributed by atoms with Gasteiger partial charge < -0.3 is 14.9 Å². The molecule has 1 spiro atoms. The molecule has 0 atom stereocenters. The number of carbonyl (C=O) groups excluding carboxylic acids is 1. The molecule has 4 heterocycles. The Labute approximate surface area is 163 Å². The van der Waals surface area contributed by atoms with Crippen molar-refractivity contribution in [1.82, 2.24) is 24.8 Å². The molecular formula is C20H24N6O2. The maximum atomic E-state index is 13.1. The van der Waals surface area contributed by atoms with Crippen molar-refractivity contribution in [3.05, 3.63) is 51.0 Å². The standard InChI is InChI=1S/C20H24N6O2/c1-3-26-7-4-16-17(23-12-22-16)20(26)5-8-25(9-6-20)19(28)15-10-14(11-21)18(27)24-13(15)2/h10,12H,3-9H2,1-2H3,(H,22,23)(H,24,27). The molecule has 2 aliphatic heterocycles. The monoisotopic (exact) mass is 380 g/mol. The zero-order valence-electron chi connectivity index (χ0n) is 16.2. The fraction of sp³-hybridized carbons (Fsp3) is 0.500. The van der Waals surface area contributed by atoms with Crippen LogP contribution in [-0.2, 0) is 12.0 Å². The zero-order chi connectivity index (χ0) is 19.9. The SMILES string of the molecule is CCN1CCc2[nH]cnc2C12CCN(C(=O)c1cc(C#N)c(=O)[nH]c1C)CC2. The van der Waals surface area contributed by atoms with E-state index in [0.717, 1.165) is 38.0 Å². The number of piperidine rings is 1. The van der Waals surface area contributed by atoms with Gasteiger partial charge in [-0.1, -0.05) is 6.92 Å². The van der Waals surface area contributed by atoms with Gasteiger partial charge in [0.05, 0.1) is 23.1 Å². The number of aryl methyl sites for hydroxylation is 1. The molecule has 0 radical (unpaired) electrons. The van der Waals surface area contributed by atoms with E-state index in [1.165, 1.54) is 11.8 Å². The first-order chi connectivity index (χ1) is 13.5. The van der Waals surface area contributed by atoms with Gasteiger partial charge in [-0.05, 0) is 32.4 Å². The predicted octanol–water partition coefficient (Wildman–Crippen LogP) is 1.29. The Morgan fingerprint density at radius 2 is 2.11 bits per heavy atom. The van der Waals surface area contributed by atoms with Gasteiger partial charge in [-0.3, -0.25) is 14.5 Å². The number of imidazole rings is 1. The first-order valence-electron chi connectivity index (χ1n) is 9.71. The number of likely N-dealkylation sites (N-methyl/N-ethyl adjacent to an activating group) is 1. The van der Waals surface area contributed by atoms with Gasteiger partial charge in [0, 0.05) is 37.4 Å². The molecule has 1 amide bonds. The molecule has 8 heteroatoms. The number of H-pyrrole nitrogens is 2. The lowest BCUT2D eigenvalue weighted by Gasteiger charge is -2.50. The lowest BCUT2D eigenvalue weighted by Crippen LogP contribution is -2.57. The van der Waals surface area contributed by atoms with Gasteiger partial charge in [0.1, 0.15) is 11.6 Å². The first kappa shape index (κ1) is 18.4. The molecule has 0 bridgehead atoms. The highest BCUT2D eigenvalue weighted by molar-refractivity contribution is 5.95. The summed E-state index contributed by atoms with van der Waals surface area (Å²) in [7, 11) is 0. The number of hydrogen-bond acceptors (Lipinski definition) is 5. The summed E-state index contributed by atoms with van der Waals surface area (Å²) in [5.74, 6) is -0.138. The van der Waals surface area contributed by atoms with Gasteiger partial charge in [-0.25, -0.2) is 4.98 Å². The van der Waals surface area contributed by atoms with Gasteiger partial charge >= 0.3 is 0 Å². The molecule has 0 aliphatic carbocycles. The minimum Gasteiger partial charge on any atom is -0.348 e. The van der Waals surface area contributed by atoms with Gasteiger partial charge in [0.15, 0.2) is 0 Å². The van der Waals surface area contributed by atoms with Gasteiger partial charge in [0.25, 0.3) is 11.5 Å². The fourth-order valence-electron chi connectivity index (χ4n) is 4.72. The van der Waals surface area contributed by atoms with Crippen molar-refractivity contribution in [2.75, 3.05) is 26.2 Å². The number of fused-ring (bicyclic) bond motifs is 2. The zero-order valence-corrected chi connectivity index (χ0v) is 16.2. The van der Waals surface area contributed by atoms with Crippen molar-refractivity contribution in [3.8, 4) is 6.07 Å². The number of nitrogens with zero attached hydrogens (tertiary/aromatic N) is 4. The number of pyridine rings is 1. The summed E-state index contributed by atoms with van der Waals surface area (Å²) in [5, 5.41) is 9.11. The van der Waals surface area contributed by atoms with E-state index in [4.69, 9.17) is 5.26 Å². The summed E-state index contributed by atoms with van der Waals surface area (Å²) in [6.45, 7) is 7.03. The number of hydrogen-bond donors (Lipinski definition) is 2. The molecule has 0 saturated carbocycles. The smallest absolute Gasteiger partial charge is 0.266 e. The third-order valence-corrected chi connectivity index (χ3v) is 6.24. The summed E-state index contributed by atoms with van der Waals surface area (Å²) in [4.78, 5) is 39.7. The predicted molar refractivity (Wildman–Crippen MR) is 103 cm³/mol. The highest BCUT2D eigenvalue weighted by atomic mass is 16.2. The molecule has 1 saturated heterocycles. The second kappa shape index (κ2) is 6.91. The van der Waals surface area contributed by atoms with Crippen LogP contribution in [0.25, 0.3) is 0 Å². The Morgan fingerprint density at radius 3 is 2.79 bits per heavy atom. The van der Waals surface area contributed by atoms with E-state index in [-0.39, 0.29) is 17.0 Å². The number of carbonyl (C=O) groups is 1. The Balaban J connectivity index is 1.59. The largest absolute Gasteiger partial charge is 0.348 e. The number of aromatic amines is 2. The minimum absolute atomic E-state index is 0.0342. The number of amides is 1. The highest BCUT2D eigenvalue weighted by Gasteiger charge is 2.46. The van der Waals surface area contributed by atoms with E-state index in [1.807, 2.05) is 11.0 Å². The molecule has 2 N–H and O–H groups in total. The molecule has 146 valence electrons. The highest BCUT2D eigenvalue weighted by Crippen LogP contribution is 2.42. The molecule has 4 rings (SSSR count). The third kappa shape index (κ3) is 2.74. The molecule has 0 aromatic carbocycles. The molecule has 0 unspecified atom stereocenters. The van der Waals surface area contributed by atoms with Crippen molar-refractivity contribution in [2.45, 2.75) is 38.6 Å². The maximum absolute atomic E-state index is 13.1. The van der Waals surface area contributed by atoms with E-state index in [9.17, 15) is 9.59 Å². The van der Waals surface area contributed by atoms with Crippen molar-refractivity contribution in [3.63, 3.8) is 0 Å². The summed E-state index contributed by atoms with van der Waals surface area (Å²) >= 11 is 0. The van der Waals surface area contributed by atoms with Crippen LogP contribution in [0.1, 0.15) is 52.8 Å². The average molecular weight is 380 g/mol. The second-order valence-electron chi connectivity index (χ2n) is 7.55. The van der Waals surface area contributed by atoms with Crippen molar-refractivity contribution in [1.29, 1.82) is 5.26 Å². The summed E-state index contributed by atoms with van der Waals surface area (Å²) in [5.41, 5.74) is 2.60. The quantitative estimate of drug-likeness (QED) is 0.816. The van der Waals surface area contributed by atoms with E-state index in [0.29, 0.717) is 24.3 Å². The van der Waals surface area contributed by atoms with Crippen LogP contribution in [0.2, 0.25) is 0 Å². The van der Waals surface area contributed by atoms with Crippen molar-refractivity contribution >= 4 is 5.91 Å². The first-order valence-corrected chi connectivity index (χ1v) is 9.71. The molecule has 2 aromatic heterocycles. The molecule has 28 heavy (non-hydrogen) atoms. The summed E-state index contributed by atoms with van der Waals surface area (Å²) in [6.07, 6.45) is 4.38. The molecule has 8 nitrogen and oxygen atoms in total. The number of rotatable bonds is 2. The van der Waals surface area contributed by atoms with Crippen molar-refractivity contribution in [2.24, 2.45) is 0 Å². The lowest BCUT2D eigenvalue weighted by atomic mass is 9.78. The molecule has 2 aromatic rings. The Morgan fingerprint density at radius 1 is 1.36 bits per heavy atom. The molecule has 1 fully saturated rings. The average Bonchev–Trinajstić information content (AvgIpc) is 3.19. The number of nitrogens with one attached hydrogen (secondary N) is 2. The third-order valence-electron chi connectivity index (χ3n) is 6.24. The minimum atomic E-state index is -0.457. The van der Waals surface area contributed by atoms with E-state index < -0.39 is 5.56 Å². The second-order valence-corrected chi connectivity index (χ2v) is 7.55. The number of aromatic nitrogens is 3. The molecule has 2 aliphatic rings. The topological polar surface area (TPSA) is 109 Å². The molecular weight excluding hydrogens is 356 g/mol. The Bertz CT molecular complexity index is 1010. The van der Waals surface area contributed by atoms with Crippen LogP contribution in [-0.4, -0.2) is 56.8 Å². The fourth-order valence-corrected chi connectivity index (χ4v) is 4.72. The van der Waals surface area contributed by atoms with E-state index >= 15 is 0 Å². The lowest BCUT2D eigenvalue weighted by molar-refractivity contribution is 0.0102. The van der Waals surface area contributed by atoms with Crippen molar-refractivity contribution < 1.29 is 4.79 Å². The number of likely N-dealkylation sites (tertiary alicyclic amines) is 1. The van der Waals surface area contributed by atoms with E-state index in [2.05, 4.69) is 26.8 Å². The van der Waals surface area contributed by atoms with Crippen LogP contribution in [0, 0.1) is 18.3 Å². The Kier molecular flexibility index (Phi) is 4.55. The van der Waals surface area contributed by atoms with Crippen LogP contribution >= 0.6 is 0 Å². The van der Waals surface area contributed by atoms with Crippen LogP contribution in [0.3, 0.4) is 0 Å². The van der Waals surface area contributed by atoms with Gasteiger partial charge in [-0.2, -0.15) is 5.26 Å². The van der Waals surface area contributed by atoms with Crippen LogP contribution in [0.4, 0.5) is 0 Å². The van der Waals surface area contributed by atoms with Crippen LogP contribution < -0.4 is 5.56 Å². The summed E-state index contributed by atoms with van der Waals surface area (Å²) in [6, 6.07) is 3.26. The van der Waals surface area contributed by atoms with Gasteiger partial charge in [0.2, 0.25) is 0 Å². The van der Waals surface area contributed by atoms with Gasteiger partial charge in [-0.15, -0.1) is 0 Å². The number of nitriles is 1. The van der Waals surface area contributed by atoms with Crippen LogP contribution in [0.5, 0.6) is 0 Å².